The van der Waals surface area contributed by atoms with Crippen LogP contribution in [0.5, 0.6) is 0 Å². The van der Waals surface area contributed by atoms with E-state index in [0.717, 1.165) is 10.9 Å². The number of halogens is 2. The van der Waals surface area contributed by atoms with Crippen molar-refractivity contribution in [2.75, 3.05) is 0 Å². The number of rotatable bonds is 0. The number of benzene rings is 1. The van der Waals surface area contributed by atoms with Crippen molar-refractivity contribution >= 4 is 42.3 Å². The van der Waals surface area contributed by atoms with Gasteiger partial charge in [-0.15, -0.1) is 23.6 Å². The summed E-state index contributed by atoms with van der Waals surface area (Å²) in [4.78, 5) is 4.13. The quantitative estimate of drug-likeness (QED) is 0.400. The van der Waals surface area contributed by atoms with Crippen LogP contribution in [-0.2, 0) is 14.8 Å². The van der Waals surface area contributed by atoms with Gasteiger partial charge in [-0.2, -0.15) is 0 Å². The summed E-state index contributed by atoms with van der Waals surface area (Å²) in [6.45, 7) is 0. The minimum atomic E-state index is 0.713. The average Bonchev–Trinajstić information content (AvgIpc) is 2.21. The normalized spacial score (nSPS) is 9.23. The Morgan fingerprint density at radius 1 is 1.38 bits per heavy atom. The molecule has 0 spiro atoms. The van der Waals surface area contributed by atoms with Crippen LogP contribution >= 0.6 is 31.4 Å². The summed E-state index contributed by atoms with van der Waals surface area (Å²) in [6, 6.07) is 10.4. The topological polar surface area (TPSA) is 12.9 Å². The molecule has 0 saturated heterocycles. The van der Waals surface area contributed by atoms with Gasteiger partial charge < -0.3 is 4.98 Å². The molecule has 2 rings (SSSR count). The van der Waals surface area contributed by atoms with E-state index >= 15 is 0 Å². The van der Waals surface area contributed by atoms with Crippen LogP contribution in [0.3, 0.4) is 0 Å². The standard InChI is InChI=1S/C9H5ClN.HI.Zn/c10-8-4-3-7-2-1-5-11-9(7)6-8;;/h1,3-6H;1H;/q-1;;+2/p-1. The van der Waals surface area contributed by atoms with Crippen molar-refractivity contribution < 1.29 is 14.8 Å². The fourth-order valence-electron chi connectivity index (χ4n) is 0.978. The molecule has 0 saturated carbocycles. The van der Waals surface area contributed by atoms with Gasteiger partial charge in [0.05, 0.1) is 0 Å². The first-order valence-electron chi connectivity index (χ1n) is 3.55. The Hall–Kier alpha value is 0.273. The molecule has 1 aromatic carbocycles. The number of pyridine rings is 1. The minimum absolute atomic E-state index is 0.713. The first-order chi connectivity index (χ1) is 6.36. The molecule has 0 unspecified atom stereocenters. The van der Waals surface area contributed by atoms with Gasteiger partial charge in [0, 0.05) is 5.02 Å². The van der Waals surface area contributed by atoms with E-state index in [4.69, 9.17) is 11.6 Å². The summed E-state index contributed by atoms with van der Waals surface area (Å²) >= 11 is 9.38. The molecular weight excluding hydrogens is 350 g/mol. The van der Waals surface area contributed by atoms with Crippen LogP contribution in [0.25, 0.3) is 10.9 Å². The van der Waals surface area contributed by atoms with Crippen molar-refractivity contribution in [2.45, 2.75) is 0 Å². The van der Waals surface area contributed by atoms with Crippen molar-refractivity contribution in [3.05, 3.63) is 41.6 Å². The summed E-state index contributed by atoms with van der Waals surface area (Å²) in [5, 5.41) is 1.71. The van der Waals surface area contributed by atoms with E-state index in [1.807, 2.05) is 18.2 Å². The van der Waals surface area contributed by atoms with E-state index in [-0.39, 0.29) is 0 Å². The van der Waals surface area contributed by atoms with Crippen molar-refractivity contribution in [3.8, 4) is 0 Å². The molecule has 2 aromatic rings. The number of hydrogen-bond acceptors (Lipinski definition) is 1. The molecule has 1 aromatic heterocycles. The van der Waals surface area contributed by atoms with Gasteiger partial charge in [0.15, 0.2) is 0 Å². The van der Waals surface area contributed by atoms with Gasteiger partial charge in [-0.1, -0.05) is 29.9 Å². The van der Waals surface area contributed by atoms with E-state index in [1.54, 1.807) is 12.3 Å². The zero-order valence-corrected chi connectivity index (χ0v) is 12.7. The Morgan fingerprint density at radius 3 is 2.92 bits per heavy atom. The zero-order valence-electron chi connectivity index (χ0n) is 6.80. The van der Waals surface area contributed by atoms with Gasteiger partial charge in [0.2, 0.25) is 0 Å². The Labute approximate surface area is 103 Å². The van der Waals surface area contributed by atoms with E-state index < -0.39 is 0 Å². The second kappa shape index (κ2) is 5.89. The van der Waals surface area contributed by atoms with Gasteiger partial charge in [-0.05, 0) is 5.52 Å². The van der Waals surface area contributed by atoms with Crippen LogP contribution in [0.2, 0.25) is 5.02 Å². The molecule has 1 nitrogen and oxygen atoms in total. The molecule has 0 atom stereocenters. The van der Waals surface area contributed by atoms with Crippen molar-refractivity contribution in [3.63, 3.8) is 0 Å². The molecule has 0 bridgehead atoms. The first-order valence-corrected chi connectivity index (χ1v) is 13.0. The van der Waals surface area contributed by atoms with Crippen molar-refractivity contribution in [1.29, 1.82) is 0 Å². The Balaban J connectivity index is 0.000000396. The summed E-state index contributed by atoms with van der Waals surface area (Å²) < 4.78 is 0. The average molecular weight is 355 g/mol. The third-order valence-electron chi connectivity index (χ3n) is 1.49. The van der Waals surface area contributed by atoms with Crippen LogP contribution in [0.4, 0.5) is 0 Å². The zero-order chi connectivity index (χ0) is 9.68. The maximum atomic E-state index is 5.76. The summed E-state index contributed by atoms with van der Waals surface area (Å²) in [5.74, 6) is 0. The van der Waals surface area contributed by atoms with Crippen LogP contribution in [-0.4, -0.2) is 4.98 Å². The van der Waals surface area contributed by atoms with Crippen LogP contribution in [0.1, 0.15) is 0 Å². The van der Waals surface area contributed by atoms with Crippen molar-refractivity contribution in [1.82, 2.24) is 4.98 Å². The fourth-order valence-corrected chi connectivity index (χ4v) is 1.14. The molecule has 13 heavy (non-hydrogen) atoms. The predicted molar refractivity (Wildman–Crippen MR) is 59.6 cm³/mol. The van der Waals surface area contributed by atoms with Crippen LogP contribution in [0, 0.1) is 6.07 Å². The van der Waals surface area contributed by atoms with Gasteiger partial charge >= 0.3 is 34.5 Å². The van der Waals surface area contributed by atoms with Crippen LogP contribution in [0.15, 0.2) is 30.5 Å². The second-order valence-corrected chi connectivity index (χ2v) is 2.69. The molecule has 0 radical (unpaired) electrons. The number of nitrogens with zero attached hydrogens (tertiary/aromatic N) is 1. The Morgan fingerprint density at radius 2 is 2.15 bits per heavy atom. The molecule has 0 fully saturated rings. The fraction of sp³-hybridized carbons (Fsp3) is 0. The van der Waals surface area contributed by atoms with E-state index in [0.29, 0.717) is 5.02 Å². The summed E-state index contributed by atoms with van der Waals surface area (Å²) in [6.07, 6.45) is 1.71. The molecular formula is C9H5ClINZn. The third-order valence-corrected chi connectivity index (χ3v) is 1.72. The van der Waals surface area contributed by atoms with Crippen LogP contribution < -0.4 is 0 Å². The van der Waals surface area contributed by atoms with Gasteiger partial charge in [-0.3, -0.25) is 0 Å². The Bertz CT molecular complexity index is 394. The Kier molecular flexibility index (Phi) is 5.14. The SMILES string of the molecule is Clc1ccc2[c-]ccnc2c1.[Zn+][I]. The number of fused-ring (bicyclic) bond motifs is 1. The third kappa shape index (κ3) is 3.15. The molecule has 0 aliphatic carbocycles. The number of aromatic nitrogens is 1. The van der Waals surface area contributed by atoms with Crippen molar-refractivity contribution in [2.24, 2.45) is 0 Å². The molecule has 0 N–H and O–H groups in total. The van der Waals surface area contributed by atoms with Gasteiger partial charge in [0.1, 0.15) is 0 Å². The van der Waals surface area contributed by atoms with Gasteiger partial charge in [0.25, 0.3) is 0 Å². The van der Waals surface area contributed by atoms with E-state index in [2.05, 4.69) is 30.8 Å². The van der Waals surface area contributed by atoms with E-state index in [1.165, 1.54) is 14.8 Å². The summed E-state index contributed by atoms with van der Waals surface area (Å²) in [7, 11) is 0. The second-order valence-electron chi connectivity index (χ2n) is 2.25. The molecule has 0 aliphatic heterocycles. The number of hydrogen-bond donors (Lipinski definition) is 0. The van der Waals surface area contributed by atoms with E-state index in [9.17, 15) is 0 Å². The maximum absolute atomic E-state index is 5.76. The molecule has 0 amide bonds. The van der Waals surface area contributed by atoms with Gasteiger partial charge in [-0.25, -0.2) is 0 Å². The molecule has 4 heteroatoms. The molecule has 1 heterocycles. The summed E-state index contributed by atoms with van der Waals surface area (Å²) in [5.41, 5.74) is 0.889. The molecule has 0 aliphatic rings. The molecule has 62 valence electrons. The predicted octanol–water partition coefficient (Wildman–Crippen LogP) is 3.57. The first kappa shape index (κ1) is 11.3. The monoisotopic (exact) mass is 353 g/mol.